The molecule has 7 heteroatoms. The van der Waals surface area contributed by atoms with E-state index in [9.17, 15) is 0 Å². The first-order chi connectivity index (χ1) is 9.81. The van der Waals surface area contributed by atoms with Crippen molar-refractivity contribution in [3.05, 3.63) is 0 Å². The van der Waals surface area contributed by atoms with E-state index in [0.717, 1.165) is 39.0 Å². The Bertz CT molecular complexity index is 411. The number of rotatable bonds is 7. The van der Waals surface area contributed by atoms with Crippen LogP contribution in [0.5, 0.6) is 12.0 Å². The molecule has 7 nitrogen and oxygen atoms in total. The minimum atomic E-state index is 0.264. The van der Waals surface area contributed by atoms with Gasteiger partial charge in [-0.3, -0.25) is 0 Å². The van der Waals surface area contributed by atoms with Gasteiger partial charge in [0.1, 0.15) is 0 Å². The van der Waals surface area contributed by atoms with Crippen molar-refractivity contribution in [3.8, 4) is 12.0 Å². The molecule has 1 fully saturated rings. The van der Waals surface area contributed by atoms with Crippen molar-refractivity contribution < 1.29 is 14.2 Å². The van der Waals surface area contributed by atoms with Gasteiger partial charge < -0.3 is 19.5 Å². The summed E-state index contributed by atoms with van der Waals surface area (Å²) >= 11 is 0. The molecule has 0 spiro atoms. The van der Waals surface area contributed by atoms with Gasteiger partial charge in [-0.25, -0.2) is 0 Å². The van der Waals surface area contributed by atoms with E-state index in [4.69, 9.17) is 14.2 Å². The van der Waals surface area contributed by atoms with Gasteiger partial charge in [0, 0.05) is 19.8 Å². The van der Waals surface area contributed by atoms with Crippen LogP contribution >= 0.6 is 0 Å². The maximum absolute atomic E-state index is 5.67. The Balaban J connectivity index is 1.94. The SMILES string of the molecule is CCCNc1nc(OC)nc(OCC2CCOCC2)n1. The number of anilines is 1. The van der Waals surface area contributed by atoms with Crippen molar-refractivity contribution in [1.29, 1.82) is 0 Å². The van der Waals surface area contributed by atoms with E-state index in [1.54, 1.807) is 0 Å². The molecule has 0 bridgehead atoms. The molecule has 1 aromatic rings. The van der Waals surface area contributed by atoms with E-state index >= 15 is 0 Å². The van der Waals surface area contributed by atoms with Gasteiger partial charge in [0.15, 0.2) is 0 Å². The summed E-state index contributed by atoms with van der Waals surface area (Å²) in [6.07, 6.45) is 3.03. The van der Waals surface area contributed by atoms with Crippen LogP contribution in [0.4, 0.5) is 5.95 Å². The Morgan fingerprint density at radius 2 is 1.95 bits per heavy atom. The molecule has 0 amide bonds. The molecule has 0 radical (unpaired) electrons. The lowest BCUT2D eigenvalue weighted by atomic mass is 10.0. The van der Waals surface area contributed by atoms with E-state index in [-0.39, 0.29) is 6.01 Å². The average molecular weight is 282 g/mol. The Labute approximate surface area is 119 Å². The zero-order valence-electron chi connectivity index (χ0n) is 12.1. The Morgan fingerprint density at radius 3 is 2.65 bits per heavy atom. The molecule has 1 N–H and O–H groups in total. The highest BCUT2D eigenvalue weighted by atomic mass is 16.5. The summed E-state index contributed by atoms with van der Waals surface area (Å²) in [7, 11) is 1.53. The number of ether oxygens (including phenoxy) is 3. The standard InChI is InChI=1S/C13H22N4O3/c1-3-6-14-11-15-12(18-2)17-13(16-11)20-9-10-4-7-19-8-5-10/h10H,3-9H2,1-2H3,(H,14,15,16,17). The van der Waals surface area contributed by atoms with Crippen LogP contribution < -0.4 is 14.8 Å². The first-order valence-corrected chi connectivity index (χ1v) is 7.06. The van der Waals surface area contributed by atoms with Gasteiger partial charge in [0.05, 0.1) is 13.7 Å². The number of hydrogen-bond donors (Lipinski definition) is 1. The molecule has 0 unspecified atom stereocenters. The van der Waals surface area contributed by atoms with E-state index in [0.29, 0.717) is 24.5 Å². The van der Waals surface area contributed by atoms with Crippen LogP contribution in [0, 0.1) is 5.92 Å². The van der Waals surface area contributed by atoms with Crippen molar-refractivity contribution in [2.24, 2.45) is 5.92 Å². The molecule has 0 atom stereocenters. The third-order valence-corrected chi connectivity index (χ3v) is 3.10. The molecule has 1 aromatic heterocycles. The molecule has 1 aliphatic rings. The smallest absolute Gasteiger partial charge is 0.324 e. The lowest BCUT2D eigenvalue weighted by Gasteiger charge is -2.21. The fourth-order valence-corrected chi connectivity index (χ4v) is 1.92. The molecule has 2 heterocycles. The van der Waals surface area contributed by atoms with Crippen molar-refractivity contribution in [3.63, 3.8) is 0 Å². The largest absolute Gasteiger partial charge is 0.467 e. The molecule has 0 aromatic carbocycles. The molecular weight excluding hydrogens is 260 g/mol. The fourth-order valence-electron chi connectivity index (χ4n) is 1.92. The number of nitrogens with one attached hydrogen (secondary N) is 1. The summed E-state index contributed by atoms with van der Waals surface area (Å²) in [5.41, 5.74) is 0. The van der Waals surface area contributed by atoms with E-state index in [2.05, 4.69) is 27.2 Å². The Morgan fingerprint density at radius 1 is 1.20 bits per heavy atom. The number of aromatic nitrogens is 3. The van der Waals surface area contributed by atoms with Crippen LogP contribution in [-0.2, 0) is 4.74 Å². The van der Waals surface area contributed by atoms with Gasteiger partial charge in [-0.2, -0.15) is 9.97 Å². The van der Waals surface area contributed by atoms with E-state index in [1.807, 2.05) is 0 Å². The van der Waals surface area contributed by atoms with Crippen LogP contribution in [0.1, 0.15) is 26.2 Å². The third kappa shape index (κ3) is 4.48. The predicted octanol–water partition coefficient (Wildman–Crippen LogP) is 1.51. The minimum absolute atomic E-state index is 0.264. The zero-order chi connectivity index (χ0) is 14.2. The molecular formula is C13H22N4O3. The van der Waals surface area contributed by atoms with Crippen LogP contribution in [0.2, 0.25) is 0 Å². The number of hydrogen-bond acceptors (Lipinski definition) is 7. The lowest BCUT2D eigenvalue weighted by molar-refractivity contribution is 0.0481. The quantitative estimate of drug-likeness (QED) is 0.812. The van der Waals surface area contributed by atoms with Gasteiger partial charge in [0.25, 0.3) is 0 Å². The van der Waals surface area contributed by atoms with Gasteiger partial charge in [-0.05, 0) is 25.2 Å². The van der Waals surface area contributed by atoms with Crippen LogP contribution in [0.25, 0.3) is 0 Å². The van der Waals surface area contributed by atoms with Crippen molar-refractivity contribution in [2.75, 3.05) is 38.8 Å². The molecule has 0 aliphatic carbocycles. The molecule has 1 aliphatic heterocycles. The second kappa shape index (κ2) is 7.84. The molecule has 20 heavy (non-hydrogen) atoms. The van der Waals surface area contributed by atoms with Crippen molar-refractivity contribution >= 4 is 5.95 Å². The van der Waals surface area contributed by atoms with Gasteiger partial charge in [-0.15, -0.1) is 4.98 Å². The normalized spacial score (nSPS) is 15.9. The molecule has 1 saturated heterocycles. The van der Waals surface area contributed by atoms with E-state index < -0.39 is 0 Å². The zero-order valence-corrected chi connectivity index (χ0v) is 12.1. The monoisotopic (exact) mass is 282 g/mol. The second-order valence-electron chi connectivity index (χ2n) is 4.72. The van der Waals surface area contributed by atoms with Gasteiger partial charge in [0.2, 0.25) is 5.95 Å². The molecule has 112 valence electrons. The highest BCUT2D eigenvalue weighted by Gasteiger charge is 2.16. The highest BCUT2D eigenvalue weighted by Crippen LogP contribution is 2.17. The lowest BCUT2D eigenvalue weighted by Crippen LogP contribution is -2.22. The number of nitrogens with zero attached hydrogens (tertiary/aromatic N) is 3. The van der Waals surface area contributed by atoms with Crippen molar-refractivity contribution in [1.82, 2.24) is 15.0 Å². The summed E-state index contributed by atoms with van der Waals surface area (Å²) in [5, 5.41) is 3.11. The summed E-state index contributed by atoms with van der Waals surface area (Å²) in [6.45, 7) is 5.08. The van der Waals surface area contributed by atoms with Crippen molar-refractivity contribution in [2.45, 2.75) is 26.2 Å². The topological polar surface area (TPSA) is 78.4 Å². The average Bonchev–Trinajstić information content (AvgIpc) is 2.51. The first-order valence-electron chi connectivity index (χ1n) is 7.06. The summed E-state index contributed by atoms with van der Waals surface area (Å²) in [6, 6.07) is 0.572. The summed E-state index contributed by atoms with van der Waals surface area (Å²) < 4.78 is 16.1. The highest BCUT2D eigenvalue weighted by molar-refractivity contribution is 5.27. The van der Waals surface area contributed by atoms with Crippen LogP contribution in [-0.4, -0.2) is 48.4 Å². The van der Waals surface area contributed by atoms with Gasteiger partial charge in [-0.1, -0.05) is 6.92 Å². The molecule has 0 saturated carbocycles. The summed E-state index contributed by atoms with van der Waals surface area (Å²) in [4.78, 5) is 12.5. The van der Waals surface area contributed by atoms with Crippen LogP contribution in [0.3, 0.4) is 0 Å². The second-order valence-corrected chi connectivity index (χ2v) is 4.72. The van der Waals surface area contributed by atoms with E-state index in [1.165, 1.54) is 7.11 Å². The number of methoxy groups -OCH3 is 1. The Kier molecular flexibility index (Phi) is 5.79. The van der Waals surface area contributed by atoms with Gasteiger partial charge >= 0.3 is 12.0 Å². The first kappa shape index (κ1) is 14.8. The fraction of sp³-hybridized carbons (Fsp3) is 0.769. The summed E-state index contributed by atoms with van der Waals surface area (Å²) in [5.74, 6) is 0.985. The maximum atomic E-state index is 5.67. The third-order valence-electron chi connectivity index (χ3n) is 3.10. The Hall–Kier alpha value is -1.63. The molecule has 2 rings (SSSR count). The maximum Gasteiger partial charge on any atom is 0.324 e. The predicted molar refractivity (Wildman–Crippen MR) is 74.2 cm³/mol. The minimum Gasteiger partial charge on any atom is -0.467 e. The van der Waals surface area contributed by atoms with Crippen LogP contribution in [0.15, 0.2) is 0 Å².